The summed E-state index contributed by atoms with van der Waals surface area (Å²) >= 11 is 0. The number of anilines is 1. The molecule has 160 valence electrons. The highest BCUT2D eigenvalue weighted by Crippen LogP contribution is 2.30. The lowest BCUT2D eigenvalue weighted by Crippen LogP contribution is -2.39. The minimum atomic E-state index is -4.46. The highest BCUT2D eigenvalue weighted by molar-refractivity contribution is 6.04. The summed E-state index contributed by atoms with van der Waals surface area (Å²) in [7, 11) is 0. The normalized spacial score (nSPS) is 13.8. The van der Waals surface area contributed by atoms with Crippen LogP contribution in [0.3, 0.4) is 0 Å². The van der Waals surface area contributed by atoms with Crippen LogP contribution in [0.25, 0.3) is 0 Å². The molecule has 10 heteroatoms. The van der Waals surface area contributed by atoms with Gasteiger partial charge in [0, 0.05) is 24.8 Å². The smallest absolute Gasteiger partial charge is 0.331 e. The second-order valence-electron chi connectivity index (χ2n) is 7.02. The summed E-state index contributed by atoms with van der Waals surface area (Å²) in [6.07, 6.45) is -4.46. The van der Waals surface area contributed by atoms with Crippen molar-refractivity contribution in [2.45, 2.75) is 19.3 Å². The fourth-order valence-electron chi connectivity index (χ4n) is 3.29. The van der Waals surface area contributed by atoms with Crippen molar-refractivity contribution >= 4 is 17.5 Å². The van der Waals surface area contributed by atoms with Gasteiger partial charge in [0.1, 0.15) is 11.5 Å². The maximum Gasteiger partial charge on any atom is 0.416 e. The van der Waals surface area contributed by atoms with Gasteiger partial charge in [-0.05, 0) is 42.0 Å². The van der Waals surface area contributed by atoms with Crippen LogP contribution < -0.4 is 5.32 Å². The van der Waals surface area contributed by atoms with Gasteiger partial charge in [-0.25, -0.2) is 4.39 Å². The molecule has 0 saturated carbocycles. The fraction of sp³-hybridized carbons (Fsp3) is 0.190. The van der Waals surface area contributed by atoms with Gasteiger partial charge in [0.05, 0.1) is 12.1 Å². The molecule has 0 unspecified atom stereocenters. The van der Waals surface area contributed by atoms with Crippen molar-refractivity contribution in [3.8, 4) is 0 Å². The second-order valence-corrected chi connectivity index (χ2v) is 7.02. The number of carbonyl (C=O) groups excluding carboxylic acids is 2. The number of alkyl halides is 3. The van der Waals surface area contributed by atoms with E-state index in [2.05, 4.69) is 10.4 Å². The third-order valence-corrected chi connectivity index (χ3v) is 4.83. The zero-order valence-electron chi connectivity index (χ0n) is 16.0. The third-order valence-electron chi connectivity index (χ3n) is 4.83. The van der Waals surface area contributed by atoms with Gasteiger partial charge in [-0.2, -0.15) is 18.3 Å². The van der Waals surface area contributed by atoms with Crippen LogP contribution in [-0.2, 0) is 19.3 Å². The van der Waals surface area contributed by atoms with Crippen molar-refractivity contribution in [3.05, 3.63) is 82.9 Å². The van der Waals surface area contributed by atoms with E-state index in [9.17, 15) is 27.2 Å². The van der Waals surface area contributed by atoms with Crippen molar-refractivity contribution in [2.75, 3.05) is 11.9 Å². The number of hydrogen-bond acceptors (Lipinski definition) is 3. The number of amides is 2. The maximum atomic E-state index is 13.0. The Labute approximate surface area is 174 Å². The van der Waals surface area contributed by atoms with Crippen molar-refractivity contribution in [1.29, 1.82) is 0 Å². The Bertz CT molecular complexity index is 1140. The first-order valence-corrected chi connectivity index (χ1v) is 9.31. The Hall–Kier alpha value is -3.69. The summed E-state index contributed by atoms with van der Waals surface area (Å²) in [6.45, 7) is 0.539. The summed E-state index contributed by atoms with van der Waals surface area (Å²) in [6, 6.07) is 11.3. The first-order chi connectivity index (χ1) is 14.7. The molecule has 6 nitrogen and oxygen atoms in total. The molecule has 0 radical (unpaired) electrons. The number of carbonyl (C=O) groups is 2. The molecule has 1 aromatic heterocycles. The molecule has 0 bridgehead atoms. The average molecular weight is 432 g/mol. The van der Waals surface area contributed by atoms with Crippen molar-refractivity contribution in [1.82, 2.24) is 14.7 Å². The van der Waals surface area contributed by atoms with Gasteiger partial charge in [-0.15, -0.1) is 0 Å². The van der Waals surface area contributed by atoms with E-state index in [1.807, 2.05) is 0 Å². The third kappa shape index (κ3) is 4.42. The van der Waals surface area contributed by atoms with Crippen LogP contribution in [0.4, 0.5) is 23.2 Å². The van der Waals surface area contributed by atoms with Crippen molar-refractivity contribution < 1.29 is 27.2 Å². The summed E-state index contributed by atoms with van der Waals surface area (Å²) in [5, 5.41) is 6.70. The molecule has 0 spiro atoms. The molecule has 1 N–H and O–H groups in total. The Kier molecular flexibility index (Phi) is 5.22. The predicted octanol–water partition coefficient (Wildman–Crippen LogP) is 3.95. The molecule has 2 amide bonds. The minimum absolute atomic E-state index is 0.00500. The summed E-state index contributed by atoms with van der Waals surface area (Å²) in [5.41, 5.74) is 0.121. The number of hydrogen-bond donors (Lipinski definition) is 1. The largest absolute Gasteiger partial charge is 0.416 e. The minimum Gasteiger partial charge on any atom is -0.331 e. The molecule has 0 aliphatic carbocycles. The SMILES string of the molecule is O=C(Nc1ccc(F)cc1)c1cc2n(n1)CCN(Cc1cccc(C(F)(F)F)c1)C2=O. The zero-order chi connectivity index (χ0) is 22.2. The average Bonchev–Trinajstić information content (AvgIpc) is 3.17. The van der Waals surface area contributed by atoms with E-state index < -0.39 is 29.4 Å². The molecule has 2 aromatic carbocycles. The van der Waals surface area contributed by atoms with Crippen molar-refractivity contribution in [2.24, 2.45) is 0 Å². The maximum absolute atomic E-state index is 13.0. The van der Waals surface area contributed by atoms with Crippen LogP contribution >= 0.6 is 0 Å². The Morgan fingerprint density at radius 3 is 2.52 bits per heavy atom. The summed E-state index contributed by atoms with van der Waals surface area (Å²) < 4.78 is 53.2. The van der Waals surface area contributed by atoms with Gasteiger partial charge in [0.15, 0.2) is 5.69 Å². The molecule has 1 aliphatic heterocycles. The van der Waals surface area contributed by atoms with Crippen LogP contribution in [-0.4, -0.2) is 33.0 Å². The van der Waals surface area contributed by atoms with Gasteiger partial charge >= 0.3 is 6.18 Å². The lowest BCUT2D eigenvalue weighted by molar-refractivity contribution is -0.137. The fourth-order valence-corrected chi connectivity index (χ4v) is 3.29. The molecule has 4 rings (SSSR count). The lowest BCUT2D eigenvalue weighted by Gasteiger charge is -2.27. The van der Waals surface area contributed by atoms with Gasteiger partial charge in [-0.1, -0.05) is 12.1 Å². The van der Waals surface area contributed by atoms with Crippen molar-refractivity contribution in [3.63, 3.8) is 0 Å². The van der Waals surface area contributed by atoms with E-state index in [-0.39, 0.29) is 24.5 Å². The number of fused-ring (bicyclic) bond motifs is 1. The number of benzene rings is 2. The Morgan fingerprint density at radius 1 is 1.06 bits per heavy atom. The molecule has 1 aliphatic rings. The molecule has 0 fully saturated rings. The number of nitrogens with one attached hydrogen (secondary N) is 1. The molecular weight excluding hydrogens is 416 g/mol. The van der Waals surface area contributed by atoms with Crippen LogP contribution in [0.1, 0.15) is 32.1 Å². The van der Waals surface area contributed by atoms with Gasteiger partial charge in [-0.3, -0.25) is 14.3 Å². The van der Waals surface area contributed by atoms with Gasteiger partial charge in [0.25, 0.3) is 11.8 Å². The van der Waals surface area contributed by atoms with E-state index in [4.69, 9.17) is 0 Å². The zero-order valence-corrected chi connectivity index (χ0v) is 16.0. The molecular formula is C21H16F4N4O2. The van der Waals surface area contributed by atoms with Gasteiger partial charge in [0.2, 0.25) is 0 Å². The molecule has 3 aromatic rings. The molecule has 0 saturated heterocycles. The highest BCUT2D eigenvalue weighted by Gasteiger charge is 2.31. The van der Waals surface area contributed by atoms with E-state index >= 15 is 0 Å². The number of nitrogens with zero attached hydrogens (tertiary/aromatic N) is 3. The van der Waals surface area contributed by atoms with Crippen LogP contribution in [0.2, 0.25) is 0 Å². The number of rotatable bonds is 4. The summed E-state index contributed by atoms with van der Waals surface area (Å²) in [4.78, 5) is 26.6. The predicted molar refractivity (Wildman–Crippen MR) is 103 cm³/mol. The first kappa shape index (κ1) is 20.6. The van der Waals surface area contributed by atoms with E-state index in [1.54, 1.807) is 0 Å². The lowest BCUT2D eigenvalue weighted by atomic mass is 10.1. The number of aromatic nitrogens is 2. The Morgan fingerprint density at radius 2 is 1.81 bits per heavy atom. The van der Waals surface area contributed by atoms with Crippen LogP contribution in [0, 0.1) is 5.82 Å². The standard InChI is InChI=1S/C21H16F4N4O2/c22-15-4-6-16(7-5-15)26-19(30)17-11-18-20(31)28(8-9-29(18)27-17)12-13-2-1-3-14(10-13)21(23,24)25/h1-7,10-11H,8-9,12H2,(H,26,30). The van der Waals surface area contributed by atoms with E-state index in [1.165, 1.54) is 52.0 Å². The topological polar surface area (TPSA) is 67.2 Å². The first-order valence-electron chi connectivity index (χ1n) is 9.31. The Balaban J connectivity index is 1.49. The van der Waals surface area contributed by atoms with Gasteiger partial charge < -0.3 is 10.2 Å². The van der Waals surface area contributed by atoms with Crippen LogP contribution in [0.15, 0.2) is 54.6 Å². The molecule has 31 heavy (non-hydrogen) atoms. The van der Waals surface area contributed by atoms with E-state index in [0.29, 0.717) is 17.8 Å². The quantitative estimate of drug-likeness (QED) is 0.635. The van der Waals surface area contributed by atoms with Crippen LogP contribution in [0.5, 0.6) is 0 Å². The molecule has 0 atom stereocenters. The monoisotopic (exact) mass is 432 g/mol. The molecule has 2 heterocycles. The summed E-state index contributed by atoms with van der Waals surface area (Å²) in [5.74, 6) is -1.44. The second kappa shape index (κ2) is 7.86. The highest BCUT2D eigenvalue weighted by atomic mass is 19.4. The van der Waals surface area contributed by atoms with E-state index in [0.717, 1.165) is 12.1 Å². The number of halogens is 4.